The molecule has 0 fully saturated rings. The molecule has 8 heavy (non-hydrogen) atoms. The van der Waals surface area contributed by atoms with Crippen molar-refractivity contribution < 1.29 is 4.39 Å². The molecule has 0 aliphatic carbocycles. The fourth-order valence-electron chi connectivity index (χ4n) is 0.421. The van der Waals surface area contributed by atoms with Crippen LogP contribution in [0.5, 0.6) is 0 Å². The highest BCUT2D eigenvalue weighted by atomic mass is 19.1. The third-order valence-corrected chi connectivity index (χ3v) is 0.733. The lowest BCUT2D eigenvalue weighted by molar-refractivity contribution is 0.579. The molecule has 42 valence electrons. The van der Waals surface area contributed by atoms with Gasteiger partial charge in [-0.25, -0.2) is 0 Å². The van der Waals surface area contributed by atoms with Crippen LogP contribution in [0.1, 0.15) is 0 Å². The maximum Gasteiger partial charge on any atom is 0.250 e. The van der Waals surface area contributed by atoms with Crippen LogP contribution in [0.3, 0.4) is 0 Å². The highest BCUT2D eigenvalue weighted by Crippen LogP contribution is 1.81. The minimum absolute atomic E-state index is 0.412. The Kier molecular flexibility index (Phi) is 1.12. The minimum atomic E-state index is -0.600. The van der Waals surface area contributed by atoms with Crippen LogP contribution in [0.25, 0.3) is 0 Å². The lowest BCUT2D eigenvalue weighted by atomic mass is 10.5. The molecular formula is C5H4FNO. The maximum absolute atomic E-state index is 11.9. The average Bonchev–Trinajstić information content (AvgIpc) is 1.64. The summed E-state index contributed by atoms with van der Waals surface area (Å²) in [5, 5.41) is 0. The van der Waals surface area contributed by atoms with Gasteiger partial charge in [0, 0.05) is 6.07 Å². The Morgan fingerprint density at radius 3 is 2.62 bits per heavy atom. The zero-order chi connectivity index (χ0) is 5.98. The Labute approximate surface area is 45.0 Å². The molecule has 0 bridgehead atoms. The number of rotatable bonds is 0. The predicted octanol–water partition coefficient (Wildman–Crippen LogP) is 0.514. The molecule has 0 saturated heterocycles. The van der Waals surface area contributed by atoms with Crippen LogP contribution in [0.15, 0.2) is 23.0 Å². The summed E-state index contributed by atoms with van der Waals surface area (Å²) in [7, 11) is 0. The zero-order valence-corrected chi connectivity index (χ0v) is 4.02. The smallest absolute Gasteiger partial charge is 0.250 e. The summed E-state index contributed by atoms with van der Waals surface area (Å²) in [6.45, 7) is 0. The number of hydrogen-bond acceptors (Lipinski definition) is 1. The van der Waals surface area contributed by atoms with Crippen LogP contribution < -0.4 is 5.56 Å². The topological polar surface area (TPSA) is 32.9 Å². The second-order valence-corrected chi connectivity index (χ2v) is 1.36. The number of hydrogen-bond donors (Lipinski definition) is 1. The van der Waals surface area contributed by atoms with Gasteiger partial charge in [-0.05, 0) is 6.07 Å². The highest BCUT2D eigenvalue weighted by Gasteiger charge is 1.83. The molecular weight excluding hydrogens is 109 g/mol. The van der Waals surface area contributed by atoms with E-state index in [2.05, 4.69) is 0 Å². The van der Waals surface area contributed by atoms with E-state index in [9.17, 15) is 9.18 Å². The molecule has 0 aliphatic rings. The quantitative estimate of drug-likeness (QED) is 0.488. The van der Waals surface area contributed by atoms with E-state index < -0.39 is 11.5 Å². The number of nitrogens with one attached hydrogen (secondary N) is 1. The Bertz CT molecular complexity index is 230. The summed E-state index contributed by atoms with van der Waals surface area (Å²) < 4.78 is 11.9. The van der Waals surface area contributed by atoms with Crippen molar-refractivity contribution in [2.24, 2.45) is 0 Å². The summed E-state index contributed by atoms with van der Waals surface area (Å²) in [5.74, 6) is -0.600. The first-order chi connectivity index (χ1) is 3.79. The summed E-state index contributed by atoms with van der Waals surface area (Å²) in [6.07, 6.45) is 0. The van der Waals surface area contributed by atoms with Crippen molar-refractivity contribution in [2.45, 2.75) is 0 Å². The van der Waals surface area contributed by atoms with E-state index >= 15 is 0 Å². The summed E-state index contributed by atoms with van der Waals surface area (Å²) in [6, 6.07) is 3.79. The Morgan fingerprint density at radius 1 is 1.50 bits per heavy atom. The summed E-state index contributed by atoms with van der Waals surface area (Å²) >= 11 is 0. The Balaban J connectivity index is 3.28. The monoisotopic (exact) mass is 113 g/mol. The lowest BCUT2D eigenvalue weighted by Crippen LogP contribution is -2.03. The molecule has 0 aliphatic heterocycles. The fraction of sp³-hybridized carbons (Fsp3) is 0. The van der Waals surface area contributed by atoms with Gasteiger partial charge in [0.25, 0.3) is 0 Å². The molecule has 2 nitrogen and oxygen atoms in total. The Morgan fingerprint density at radius 2 is 2.25 bits per heavy atom. The number of halogens is 1. The van der Waals surface area contributed by atoms with Gasteiger partial charge in [-0.2, -0.15) is 4.39 Å². The van der Waals surface area contributed by atoms with Gasteiger partial charge in [-0.3, -0.25) is 9.78 Å². The third kappa shape index (κ3) is 0.932. The second kappa shape index (κ2) is 1.78. The lowest BCUT2D eigenvalue weighted by Gasteiger charge is -1.80. The van der Waals surface area contributed by atoms with E-state index in [1.54, 1.807) is 0 Å². The molecule has 0 aromatic carbocycles. The predicted molar refractivity (Wildman–Crippen MR) is 27.0 cm³/mol. The summed E-state index contributed by atoms with van der Waals surface area (Å²) in [5.41, 5.74) is -0.412. The fourth-order valence-corrected chi connectivity index (χ4v) is 0.421. The SMILES string of the molecule is O=c1cccc(F)[nH]1. The molecule has 1 N–H and O–H groups in total. The molecule has 0 atom stereocenters. The van der Waals surface area contributed by atoms with Crippen LogP contribution in [0.4, 0.5) is 4.39 Å². The summed E-state index contributed by atoms with van der Waals surface area (Å²) in [4.78, 5) is 12.1. The molecule has 1 rings (SSSR count). The van der Waals surface area contributed by atoms with Crippen LogP contribution >= 0.6 is 0 Å². The van der Waals surface area contributed by atoms with Gasteiger partial charge in [0.15, 0.2) is 5.95 Å². The molecule has 0 spiro atoms. The van der Waals surface area contributed by atoms with Gasteiger partial charge < -0.3 is 0 Å². The van der Waals surface area contributed by atoms with Gasteiger partial charge >= 0.3 is 0 Å². The molecule has 1 heterocycles. The molecule has 1 aromatic rings. The number of aromatic amines is 1. The van der Waals surface area contributed by atoms with Crippen molar-refractivity contribution >= 4 is 0 Å². The van der Waals surface area contributed by atoms with Crippen LogP contribution in [-0.4, -0.2) is 4.98 Å². The highest BCUT2D eigenvalue weighted by molar-refractivity contribution is 4.91. The van der Waals surface area contributed by atoms with Crippen molar-refractivity contribution in [3.8, 4) is 0 Å². The van der Waals surface area contributed by atoms with E-state index in [0.29, 0.717) is 0 Å². The van der Waals surface area contributed by atoms with E-state index in [1.165, 1.54) is 18.2 Å². The van der Waals surface area contributed by atoms with Gasteiger partial charge in [0.2, 0.25) is 5.56 Å². The molecule has 0 saturated carbocycles. The molecule has 0 unspecified atom stereocenters. The number of aromatic nitrogens is 1. The Hall–Kier alpha value is -1.12. The molecule has 1 aromatic heterocycles. The van der Waals surface area contributed by atoms with Crippen molar-refractivity contribution in [3.05, 3.63) is 34.5 Å². The van der Waals surface area contributed by atoms with Crippen molar-refractivity contribution in [1.82, 2.24) is 4.98 Å². The molecule has 3 heteroatoms. The first-order valence-electron chi connectivity index (χ1n) is 2.14. The van der Waals surface area contributed by atoms with E-state index in [1.807, 2.05) is 4.98 Å². The molecule has 0 amide bonds. The van der Waals surface area contributed by atoms with E-state index in [4.69, 9.17) is 0 Å². The van der Waals surface area contributed by atoms with Crippen LogP contribution in [0, 0.1) is 5.95 Å². The van der Waals surface area contributed by atoms with E-state index in [0.717, 1.165) is 0 Å². The largest absolute Gasteiger partial charge is 0.299 e. The van der Waals surface area contributed by atoms with Crippen molar-refractivity contribution in [3.63, 3.8) is 0 Å². The minimum Gasteiger partial charge on any atom is -0.299 e. The van der Waals surface area contributed by atoms with Crippen molar-refractivity contribution in [1.29, 1.82) is 0 Å². The third-order valence-electron chi connectivity index (χ3n) is 0.733. The first-order valence-corrected chi connectivity index (χ1v) is 2.14. The second-order valence-electron chi connectivity index (χ2n) is 1.36. The maximum atomic E-state index is 11.9. The van der Waals surface area contributed by atoms with Gasteiger partial charge in [-0.15, -0.1) is 0 Å². The number of H-pyrrole nitrogens is 1. The number of pyridine rings is 1. The average molecular weight is 113 g/mol. The van der Waals surface area contributed by atoms with Crippen LogP contribution in [-0.2, 0) is 0 Å². The first kappa shape index (κ1) is 5.03. The standard InChI is InChI=1S/C5H4FNO/c6-4-2-1-3-5(8)7-4/h1-3H,(H,7,8). The van der Waals surface area contributed by atoms with Crippen molar-refractivity contribution in [2.75, 3.05) is 0 Å². The van der Waals surface area contributed by atoms with Crippen LogP contribution in [0.2, 0.25) is 0 Å². The molecule has 0 radical (unpaired) electrons. The van der Waals surface area contributed by atoms with E-state index in [-0.39, 0.29) is 0 Å². The van der Waals surface area contributed by atoms with Gasteiger partial charge in [0.05, 0.1) is 0 Å². The zero-order valence-electron chi connectivity index (χ0n) is 4.02. The normalized spacial score (nSPS) is 9.12. The van der Waals surface area contributed by atoms with Gasteiger partial charge in [0.1, 0.15) is 0 Å². The van der Waals surface area contributed by atoms with Gasteiger partial charge in [-0.1, -0.05) is 6.07 Å².